The highest BCUT2D eigenvalue weighted by molar-refractivity contribution is 8.26. The number of rotatable bonds is 11. The van der Waals surface area contributed by atoms with Gasteiger partial charge in [0.1, 0.15) is 16.7 Å². The van der Waals surface area contributed by atoms with E-state index in [1.165, 1.54) is 40.9 Å². The van der Waals surface area contributed by atoms with Gasteiger partial charge in [0.2, 0.25) is 11.9 Å². The number of nitrogens with two attached hydrogens (primary N) is 1. The molecule has 4 N–H and O–H groups in total. The van der Waals surface area contributed by atoms with Crippen LogP contribution in [0.25, 0.3) is 28.1 Å². The van der Waals surface area contributed by atoms with Gasteiger partial charge in [-0.15, -0.1) is 0 Å². The Bertz CT molecular complexity index is 1910. The first-order valence-electron chi connectivity index (χ1n) is 15.2. The average Bonchev–Trinajstić information content (AvgIpc) is 3.35. The summed E-state index contributed by atoms with van der Waals surface area (Å²) in [6.45, 7) is 4.39. The summed E-state index contributed by atoms with van der Waals surface area (Å²) in [5, 5.41) is 12.7. The number of hydrogen-bond acceptors (Lipinski definition) is 11. The zero-order valence-corrected chi connectivity index (χ0v) is 27.4. The van der Waals surface area contributed by atoms with E-state index in [1.807, 2.05) is 36.4 Å². The number of thioether (sulfide) groups is 1. The van der Waals surface area contributed by atoms with Gasteiger partial charge in [-0.3, -0.25) is 19.4 Å². The predicted molar refractivity (Wildman–Crippen MR) is 189 cm³/mol. The summed E-state index contributed by atoms with van der Waals surface area (Å²) < 4.78 is 12.1. The molecule has 2 aliphatic heterocycles. The van der Waals surface area contributed by atoms with E-state index in [-0.39, 0.29) is 36.3 Å². The Hall–Kier alpha value is -4.89. The lowest BCUT2D eigenvalue weighted by Crippen LogP contribution is -2.38. The molecular weight excluding hydrogens is 653 g/mol. The van der Waals surface area contributed by atoms with Crippen LogP contribution in [0.2, 0.25) is 0 Å². The average molecular weight is 685 g/mol. The molecule has 0 unspecified atom stereocenters. The molecule has 3 aromatic carbocycles. The number of fused-ring (bicyclic) bond motifs is 1. The summed E-state index contributed by atoms with van der Waals surface area (Å²) in [6.07, 6.45) is 3.46. The van der Waals surface area contributed by atoms with E-state index in [4.69, 9.17) is 32.5 Å². The summed E-state index contributed by atoms with van der Waals surface area (Å²) in [6, 6.07) is 17.5. The third kappa shape index (κ3) is 7.97. The molecule has 14 heteroatoms. The number of ether oxygens (including phenoxy) is 2. The Kier molecular flexibility index (Phi) is 10.3. The predicted octanol–water partition coefficient (Wildman–Crippen LogP) is 4.52. The monoisotopic (exact) mass is 684 g/mol. The van der Waals surface area contributed by atoms with E-state index in [0.29, 0.717) is 46.0 Å². The number of benzene rings is 3. The second-order valence-electron chi connectivity index (χ2n) is 11.1. The maximum absolute atomic E-state index is 13.5. The Morgan fingerprint density at radius 1 is 1.06 bits per heavy atom. The number of thiocarbonyl (C=S) groups is 1. The molecule has 1 aromatic heterocycles. The fraction of sp³-hybridized carbons (Fsp3) is 0.235. The number of morpholine rings is 1. The first-order valence-corrected chi connectivity index (χ1v) is 16.4. The highest BCUT2D eigenvalue weighted by atomic mass is 32.2. The molecule has 0 aliphatic carbocycles. The van der Waals surface area contributed by atoms with Crippen LogP contribution < -0.4 is 15.8 Å². The normalized spacial score (nSPS) is 16.1. The largest absolute Gasteiger partial charge is 0.492 e. The number of nitrogens with one attached hydrogen (secondary N) is 1. The second kappa shape index (κ2) is 14.9. The lowest BCUT2D eigenvalue weighted by Gasteiger charge is -2.26. The van der Waals surface area contributed by atoms with E-state index >= 15 is 0 Å². The standard InChI is InChI=1S/C34H32N6O6S2/c35-33-36-20-24-2-1-23(18-27(24)38-33)22-5-8-28(46-16-13-39-11-14-45-15-12-39)25(17-22)19-29-31(42)40(34(47)48-29)10-9-30(41)37-26-6-3-21(4-7-26)32(43)44/h1-8,17-20H,9-16H2,(H,37,41)(H,43,44)(H2,35,36,38)/b29-19-. The van der Waals surface area contributed by atoms with Gasteiger partial charge in [-0.05, 0) is 59.7 Å². The van der Waals surface area contributed by atoms with Crippen LogP contribution in [-0.2, 0) is 14.3 Å². The summed E-state index contributed by atoms with van der Waals surface area (Å²) in [4.78, 5) is 49.8. The first kappa shape index (κ1) is 33.0. The SMILES string of the molecule is Nc1ncc2ccc(-c3ccc(OCCN4CCOCC4)c(/C=C4\SC(=S)N(CCC(=O)Nc5ccc(C(=O)O)cc5)C4=O)c3)cc2n1. The van der Waals surface area contributed by atoms with Crippen LogP contribution in [0, 0.1) is 0 Å². The minimum atomic E-state index is -1.05. The molecule has 3 heterocycles. The topological polar surface area (TPSA) is 160 Å². The van der Waals surface area contributed by atoms with Crippen LogP contribution in [0.1, 0.15) is 22.3 Å². The molecule has 2 fully saturated rings. The molecule has 0 atom stereocenters. The summed E-state index contributed by atoms with van der Waals surface area (Å²) in [5.74, 6) is -0.868. The Morgan fingerprint density at radius 2 is 1.81 bits per heavy atom. The molecular formula is C34H32N6O6S2. The van der Waals surface area contributed by atoms with Crippen molar-refractivity contribution in [2.24, 2.45) is 0 Å². The van der Waals surface area contributed by atoms with Gasteiger partial charge in [-0.2, -0.15) is 0 Å². The Labute approximate surface area is 285 Å². The number of carbonyl (C=O) groups excluding carboxylic acids is 2. The number of hydrogen-bond donors (Lipinski definition) is 3. The van der Waals surface area contributed by atoms with Crippen molar-refractivity contribution < 1.29 is 29.0 Å². The third-order valence-corrected chi connectivity index (χ3v) is 9.23. The Balaban J connectivity index is 1.19. The molecule has 0 bridgehead atoms. The second-order valence-corrected chi connectivity index (χ2v) is 12.7. The zero-order valence-electron chi connectivity index (χ0n) is 25.8. The van der Waals surface area contributed by atoms with Gasteiger partial charge in [0.25, 0.3) is 5.91 Å². The minimum Gasteiger partial charge on any atom is -0.492 e. The summed E-state index contributed by atoms with van der Waals surface area (Å²) in [5.41, 5.74) is 9.62. The number of amides is 2. The molecule has 12 nitrogen and oxygen atoms in total. The molecule has 6 rings (SSSR count). The van der Waals surface area contributed by atoms with Gasteiger partial charge in [-0.1, -0.05) is 42.2 Å². The molecule has 0 spiro atoms. The highest BCUT2D eigenvalue weighted by Crippen LogP contribution is 2.36. The fourth-order valence-corrected chi connectivity index (χ4v) is 6.57. The van der Waals surface area contributed by atoms with E-state index in [1.54, 1.807) is 12.3 Å². The molecule has 246 valence electrons. The van der Waals surface area contributed by atoms with Gasteiger partial charge in [-0.25, -0.2) is 14.8 Å². The molecule has 2 saturated heterocycles. The molecule has 2 aliphatic rings. The van der Waals surface area contributed by atoms with Crippen molar-refractivity contribution >= 4 is 74.7 Å². The highest BCUT2D eigenvalue weighted by Gasteiger charge is 2.32. The van der Waals surface area contributed by atoms with Crippen molar-refractivity contribution in [3.8, 4) is 16.9 Å². The van der Waals surface area contributed by atoms with E-state index < -0.39 is 5.97 Å². The number of aromatic nitrogens is 2. The summed E-state index contributed by atoms with van der Waals surface area (Å²) in [7, 11) is 0. The number of carboxylic acids is 1. The number of aromatic carboxylic acids is 1. The maximum Gasteiger partial charge on any atom is 0.335 e. The van der Waals surface area contributed by atoms with Gasteiger partial charge >= 0.3 is 5.97 Å². The molecule has 4 aromatic rings. The van der Waals surface area contributed by atoms with Crippen molar-refractivity contribution in [3.63, 3.8) is 0 Å². The number of nitrogen functional groups attached to an aromatic ring is 1. The van der Waals surface area contributed by atoms with E-state index in [9.17, 15) is 14.4 Å². The molecule has 0 radical (unpaired) electrons. The van der Waals surface area contributed by atoms with Gasteiger partial charge in [0, 0.05) is 55.4 Å². The van der Waals surface area contributed by atoms with Crippen LogP contribution in [0.5, 0.6) is 5.75 Å². The number of nitrogens with zero attached hydrogens (tertiary/aromatic N) is 4. The molecule has 2 amide bonds. The van der Waals surface area contributed by atoms with Crippen molar-refractivity contribution in [1.29, 1.82) is 0 Å². The number of carbonyl (C=O) groups is 3. The van der Waals surface area contributed by atoms with Crippen molar-refractivity contribution in [2.75, 3.05) is 57.1 Å². The lowest BCUT2D eigenvalue weighted by atomic mass is 10.0. The quantitative estimate of drug-likeness (QED) is 0.150. The Morgan fingerprint density at radius 3 is 2.58 bits per heavy atom. The zero-order chi connectivity index (χ0) is 33.6. The van der Waals surface area contributed by atoms with Crippen molar-refractivity contribution in [1.82, 2.24) is 19.8 Å². The molecule has 48 heavy (non-hydrogen) atoms. The lowest BCUT2D eigenvalue weighted by molar-refractivity contribution is -0.122. The van der Waals surface area contributed by atoms with E-state index in [2.05, 4.69) is 20.2 Å². The minimum absolute atomic E-state index is 0.00181. The number of carboxylic acid groups (broad SMARTS) is 1. The first-order chi connectivity index (χ1) is 23.2. The summed E-state index contributed by atoms with van der Waals surface area (Å²) >= 11 is 6.70. The molecule has 0 saturated carbocycles. The van der Waals surface area contributed by atoms with Gasteiger partial charge in [0.05, 0.1) is 29.2 Å². The van der Waals surface area contributed by atoms with Gasteiger partial charge < -0.3 is 25.6 Å². The smallest absolute Gasteiger partial charge is 0.335 e. The van der Waals surface area contributed by atoms with Crippen LogP contribution in [0.4, 0.5) is 11.6 Å². The maximum atomic E-state index is 13.5. The van der Waals surface area contributed by atoms with Crippen LogP contribution in [0.3, 0.4) is 0 Å². The van der Waals surface area contributed by atoms with E-state index in [0.717, 1.165) is 41.7 Å². The third-order valence-electron chi connectivity index (χ3n) is 7.85. The van der Waals surface area contributed by atoms with Crippen molar-refractivity contribution in [3.05, 3.63) is 82.9 Å². The van der Waals surface area contributed by atoms with Crippen LogP contribution in [0.15, 0.2) is 71.8 Å². The van der Waals surface area contributed by atoms with Gasteiger partial charge in [0.15, 0.2) is 0 Å². The number of anilines is 2. The van der Waals surface area contributed by atoms with Crippen molar-refractivity contribution in [2.45, 2.75) is 6.42 Å². The fourth-order valence-electron chi connectivity index (χ4n) is 5.27. The van der Waals surface area contributed by atoms with Crippen LogP contribution in [-0.4, -0.2) is 93.0 Å². The van der Waals surface area contributed by atoms with Crippen LogP contribution >= 0.6 is 24.0 Å².